The zero-order valence-electron chi connectivity index (χ0n) is 12.8. The highest BCUT2D eigenvalue weighted by atomic mass is 16.5. The predicted molar refractivity (Wildman–Crippen MR) is 77.9 cm³/mol. The molecule has 7 nitrogen and oxygen atoms in total. The van der Waals surface area contributed by atoms with E-state index in [1.165, 1.54) is 0 Å². The molecule has 0 aliphatic carbocycles. The molecule has 2 heterocycles. The van der Waals surface area contributed by atoms with Gasteiger partial charge in [-0.15, -0.1) is 0 Å². The summed E-state index contributed by atoms with van der Waals surface area (Å²) in [7, 11) is 0. The molecule has 1 unspecified atom stereocenters. The van der Waals surface area contributed by atoms with Gasteiger partial charge in [0.05, 0.1) is 18.9 Å². The van der Waals surface area contributed by atoms with Crippen LogP contribution in [0.5, 0.6) is 0 Å². The fraction of sp³-hybridized carbons (Fsp3) is 0.643. The highest BCUT2D eigenvalue weighted by Gasteiger charge is 2.26. The number of nitrogens with zero attached hydrogens (tertiary/aromatic N) is 3. The molecular formula is C14H22N4O3. The van der Waals surface area contributed by atoms with Gasteiger partial charge >= 0.3 is 5.97 Å². The zero-order chi connectivity index (χ0) is 15.4. The second-order valence-electron chi connectivity index (χ2n) is 4.90. The lowest BCUT2D eigenvalue weighted by atomic mass is 10.2. The minimum absolute atomic E-state index is 0.146. The quantitative estimate of drug-likeness (QED) is 0.826. The van der Waals surface area contributed by atoms with Crippen LogP contribution in [-0.4, -0.2) is 53.7 Å². The third-order valence-electron chi connectivity index (χ3n) is 3.50. The van der Waals surface area contributed by atoms with Gasteiger partial charge in [-0.2, -0.15) is 0 Å². The lowest BCUT2D eigenvalue weighted by Crippen LogP contribution is -2.38. The highest BCUT2D eigenvalue weighted by molar-refractivity contribution is 5.95. The number of hydrogen-bond donors (Lipinski definition) is 1. The van der Waals surface area contributed by atoms with Crippen LogP contribution in [0.1, 0.15) is 41.8 Å². The van der Waals surface area contributed by atoms with Crippen molar-refractivity contribution < 1.29 is 14.3 Å². The smallest absolute Gasteiger partial charge is 0.343 e. The van der Waals surface area contributed by atoms with E-state index in [-0.39, 0.29) is 24.1 Å². The Kier molecular flexibility index (Phi) is 5.08. The van der Waals surface area contributed by atoms with Crippen LogP contribution < -0.4 is 5.73 Å². The van der Waals surface area contributed by atoms with Crippen molar-refractivity contribution in [2.24, 2.45) is 0 Å². The van der Waals surface area contributed by atoms with Crippen molar-refractivity contribution >= 4 is 11.8 Å². The standard InChI is InChI=1S/C14H22N4O3/c1-4-18-6-7-21-10(8-18)13-16-9(3)11(12(15)17-13)14(19)20-5-2/h10H,4-8H2,1-3H3,(H2,15,16,17). The number of nitrogen functional groups attached to an aromatic ring is 1. The van der Waals surface area contributed by atoms with Crippen LogP contribution in [0.3, 0.4) is 0 Å². The fourth-order valence-corrected chi connectivity index (χ4v) is 2.36. The molecule has 0 amide bonds. The average Bonchev–Trinajstić information content (AvgIpc) is 2.47. The van der Waals surface area contributed by atoms with Gasteiger partial charge in [0.15, 0.2) is 5.82 Å². The summed E-state index contributed by atoms with van der Waals surface area (Å²) in [4.78, 5) is 22.7. The number of aromatic nitrogens is 2. The summed E-state index contributed by atoms with van der Waals surface area (Å²) in [5.41, 5.74) is 6.67. The van der Waals surface area contributed by atoms with Gasteiger partial charge in [-0.25, -0.2) is 14.8 Å². The Morgan fingerprint density at radius 1 is 1.48 bits per heavy atom. The van der Waals surface area contributed by atoms with E-state index < -0.39 is 5.97 Å². The van der Waals surface area contributed by atoms with Gasteiger partial charge in [-0.1, -0.05) is 6.92 Å². The minimum atomic E-state index is -0.487. The highest BCUT2D eigenvalue weighted by Crippen LogP contribution is 2.23. The molecule has 0 saturated carbocycles. The summed E-state index contributed by atoms with van der Waals surface area (Å²) in [5, 5.41) is 0. The summed E-state index contributed by atoms with van der Waals surface area (Å²) in [5.74, 6) is 0.183. The van der Waals surface area contributed by atoms with Gasteiger partial charge in [-0.05, 0) is 20.4 Å². The van der Waals surface area contributed by atoms with Crippen LogP contribution >= 0.6 is 0 Å². The number of nitrogens with two attached hydrogens (primary N) is 1. The third kappa shape index (κ3) is 3.48. The molecule has 0 aromatic carbocycles. The molecule has 116 valence electrons. The maximum absolute atomic E-state index is 11.9. The fourth-order valence-electron chi connectivity index (χ4n) is 2.36. The molecule has 21 heavy (non-hydrogen) atoms. The van der Waals surface area contributed by atoms with Gasteiger partial charge in [0.1, 0.15) is 17.5 Å². The second kappa shape index (κ2) is 6.82. The number of aryl methyl sites for hydroxylation is 1. The van der Waals surface area contributed by atoms with Crippen LogP contribution in [0.25, 0.3) is 0 Å². The monoisotopic (exact) mass is 294 g/mol. The van der Waals surface area contributed by atoms with E-state index >= 15 is 0 Å². The topological polar surface area (TPSA) is 90.6 Å². The van der Waals surface area contributed by atoms with Crippen LogP contribution in [0, 0.1) is 6.92 Å². The summed E-state index contributed by atoms with van der Waals surface area (Å²) in [6.07, 6.45) is -0.212. The maximum atomic E-state index is 11.9. The van der Waals surface area contributed by atoms with Crippen LogP contribution in [0.2, 0.25) is 0 Å². The number of anilines is 1. The molecule has 0 spiro atoms. The molecule has 1 atom stereocenters. The van der Waals surface area contributed by atoms with Crippen molar-refractivity contribution in [1.29, 1.82) is 0 Å². The Morgan fingerprint density at radius 3 is 2.86 bits per heavy atom. The van der Waals surface area contributed by atoms with E-state index in [9.17, 15) is 4.79 Å². The summed E-state index contributed by atoms with van der Waals surface area (Å²) >= 11 is 0. The number of likely N-dealkylation sites (N-methyl/N-ethyl adjacent to an activating group) is 1. The molecule has 0 bridgehead atoms. The van der Waals surface area contributed by atoms with Crippen molar-refractivity contribution in [3.05, 3.63) is 17.1 Å². The maximum Gasteiger partial charge on any atom is 0.343 e. The largest absolute Gasteiger partial charge is 0.462 e. The molecule has 1 saturated heterocycles. The van der Waals surface area contributed by atoms with Crippen molar-refractivity contribution in [2.45, 2.75) is 26.9 Å². The Balaban J connectivity index is 2.25. The van der Waals surface area contributed by atoms with Gasteiger partial charge < -0.3 is 15.2 Å². The number of carbonyl (C=O) groups excluding carboxylic acids is 1. The molecule has 7 heteroatoms. The number of carbonyl (C=O) groups is 1. The van der Waals surface area contributed by atoms with Crippen LogP contribution in [0.4, 0.5) is 5.82 Å². The first-order valence-electron chi connectivity index (χ1n) is 7.21. The normalized spacial score (nSPS) is 19.5. The predicted octanol–water partition coefficient (Wildman–Crippen LogP) is 0.937. The number of rotatable bonds is 4. The summed E-state index contributed by atoms with van der Waals surface area (Å²) in [6.45, 7) is 9.09. The van der Waals surface area contributed by atoms with Crippen molar-refractivity contribution in [3.63, 3.8) is 0 Å². The van der Waals surface area contributed by atoms with Crippen molar-refractivity contribution in [1.82, 2.24) is 14.9 Å². The van der Waals surface area contributed by atoms with Gasteiger partial charge in [0, 0.05) is 13.1 Å². The first-order valence-corrected chi connectivity index (χ1v) is 7.21. The van der Waals surface area contributed by atoms with E-state index in [1.807, 2.05) is 0 Å². The van der Waals surface area contributed by atoms with E-state index in [4.69, 9.17) is 15.2 Å². The Labute approximate surface area is 124 Å². The SMILES string of the molecule is CCOC(=O)c1c(C)nc(C2CN(CC)CCO2)nc1N. The average molecular weight is 294 g/mol. The van der Waals surface area contributed by atoms with Crippen LogP contribution in [0.15, 0.2) is 0 Å². The molecule has 1 aliphatic heterocycles. The molecule has 2 N–H and O–H groups in total. The first kappa shape index (κ1) is 15.7. The minimum Gasteiger partial charge on any atom is -0.462 e. The number of hydrogen-bond acceptors (Lipinski definition) is 7. The van der Waals surface area contributed by atoms with E-state index in [2.05, 4.69) is 21.8 Å². The Bertz CT molecular complexity index is 498. The first-order chi connectivity index (χ1) is 10.1. The number of esters is 1. The molecule has 1 aromatic heterocycles. The Morgan fingerprint density at radius 2 is 2.24 bits per heavy atom. The molecule has 1 aromatic rings. The molecule has 1 fully saturated rings. The van der Waals surface area contributed by atoms with Crippen molar-refractivity contribution in [2.75, 3.05) is 38.6 Å². The molecule has 0 radical (unpaired) electrons. The molecular weight excluding hydrogens is 272 g/mol. The van der Waals surface area contributed by atoms with Gasteiger partial charge in [0.25, 0.3) is 0 Å². The zero-order valence-corrected chi connectivity index (χ0v) is 12.8. The second-order valence-corrected chi connectivity index (χ2v) is 4.90. The van der Waals surface area contributed by atoms with Crippen LogP contribution in [-0.2, 0) is 9.47 Å². The molecule has 2 rings (SSSR count). The molecule has 1 aliphatic rings. The summed E-state index contributed by atoms with van der Waals surface area (Å²) in [6, 6.07) is 0. The van der Waals surface area contributed by atoms with Crippen molar-refractivity contribution in [3.8, 4) is 0 Å². The van der Waals surface area contributed by atoms with Gasteiger partial charge in [-0.3, -0.25) is 4.90 Å². The Hall–Kier alpha value is -1.73. The van der Waals surface area contributed by atoms with Gasteiger partial charge in [0.2, 0.25) is 0 Å². The summed E-state index contributed by atoms with van der Waals surface area (Å²) < 4.78 is 10.7. The number of ether oxygens (including phenoxy) is 2. The third-order valence-corrected chi connectivity index (χ3v) is 3.50. The number of morpholine rings is 1. The lowest BCUT2D eigenvalue weighted by molar-refractivity contribution is -0.0326. The lowest BCUT2D eigenvalue weighted by Gasteiger charge is -2.31. The van der Waals surface area contributed by atoms with E-state index in [0.29, 0.717) is 18.1 Å². The van der Waals surface area contributed by atoms with E-state index in [1.54, 1.807) is 13.8 Å². The van der Waals surface area contributed by atoms with E-state index in [0.717, 1.165) is 19.6 Å².